The minimum atomic E-state index is -0.109. The van der Waals surface area contributed by atoms with Crippen LogP contribution in [0.1, 0.15) is 26.3 Å². The molecule has 0 radical (unpaired) electrons. The van der Waals surface area contributed by atoms with Crippen molar-refractivity contribution in [3.63, 3.8) is 0 Å². The predicted molar refractivity (Wildman–Crippen MR) is 78.2 cm³/mol. The SMILES string of the molecule is CCC(C(=O)N(CC)CCn1cccn1)n1cccc1. The molecule has 1 amide bonds. The Balaban J connectivity index is 2.00. The Hall–Kier alpha value is -2.04. The molecule has 0 saturated heterocycles. The minimum absolute atomic E-state index is 0.109. The van der Waals surface area contributed by atoms with Crippen LogP contribution in [0, 0.1) is 0 Å². The Morgan fingerprint density at radius 2 is 1.95 bits per heavy atom. The van der Waals surface area contributed by atoms with Crippen molar-refractivity contribution in [3.05, 3.63) is 43.0 Å². The molecule has 0 bridgehead atoms. The molecule has 0 spiro atoms. The molecule has 1 atom stereocenters. The fraction of sp³-hybridized carbons (Fsp3) is 0.467. The second-order valence-corrected chi connectivity index (χ2v) is 4.74. The van der Waals surface area contributed by atoms with E-state index in [9.17, 15) is 4.79 Å². The molecule has 2 heterocycles. The molecule has 5 heteroatoms. The Kier molecular flexibility index (Phi) is 4.98. The first kappa shape index (κ1) is 14.4. The van der Waals surface area contributed by atoms with Gasteiger partial charge in [-0.15, -0.1) is 0 Å². The fourth-order valence-electron chi connectivity index (χ4n) is 2.36. The Bertz CT molecular complexity index is 504. The highest BCUT2D eigenvalue weighted by Gasteiger charge is 2.22. The van der Waals surface area contributed by atoms with Crippen molar-refractivity contribution in [2.75, 3.05) is 13.1 Å². The normalized spacial score (nSPS) is 12.3. The third kappa shape index (κ3) is 3.29. The lowest BCUT2D eigenvalue weighted by Gasteiger charge is -2.26. The molecule has 2 aromatic heterocycles. The van der Waals surface area contributed by atoms with Gasteiger partial charge in [0.25, 0.3) is 0 Å². The van der Waals surface area contributed by atoms with E-state index in [2.05, 4.69) is 5.10 Å². The second kappa shape index (κ2) is 6.93. The zero-order valence-electron chi connectivity index (χ0n) is 12.1. The van der Waals surface area contributed by atoms with Crippen molar-refractivity contribution in [3.8, 4) is 0 Å². The van der Waals surface area contributed by atoms with Crippen molar-refractivity contribution >= 4 is 5.91 Å². The van der Waals surface area contributed by atoms with Crippen LogP contribution in [0.15, 0.2) is 43.0 Å². The van der Waals surface area contributed by atoms with E-state index in [-0.39, 0.29) is 11.9 Å². The number of likely N-dealkylation sites (N-methyl/N-ethyl adjacent to an activating group) is 1. The van der Waals surface area contributed by atoms with Crippen LogP contribution < -0.4 is 0 Å². The van der Waals surface area contributed by atoms with Gasteiger partial charge in [-0.2, -0.15) is 5.10 Å². The topological polar surface area (TPSA) is 43.1 Å². The summed E-state index contributed by atoms with van der Waals surface area (Å²) in [5.41, 5.74) is 0. The molecule has 0 saturated carbocycles. The molecule has 0 fully saturated rings. The van der Waals surface area contributed by atoms with Crippen molar-refractivity contribution in [2.45, 2.75) is 32.9 Å². The van der Waals surface area contributed by atoms with Gasteiger partial charge in [-0.25, -0.2) is 0 Å². The van der Waals surface area contributed by atoms with Crippen LogP contribution in [0.2, 0.25) is 0 Å². The van der Waals surface area contributed by atoms with Gasteiger partial charge in [0.15, 0.2) is 0 Å². The standard InChI is InChI=1S/C15H22N4O/c1-3-14(18-9-5-6-10-18)15(20)17(4-2)12-13-19-11-7-8-16-19/h5-11,14H,3-4,12-13H2,1-2H3. The molecular formula is C15H22N4O. The molecule has 108 valence electrons. The number of carbonyl (C=O) groups excluding carboxylic acids is 1. The lowest BCUT2D eigenvalue weighted by molar-refractivity contribution is -0.134. The van der Waals surface area contributed by atoms with Gasteiger partial charge in [0, 0.05) is 37.9 Å². The monoisotopic (exact) mass is 274 g/mol. The molecule has 1 unspecified atom stereocenters. The number of carbonyl (C=O) groups is 1. The average molecular weight is 274 g/mol. The van der Waals surface area contributed by atoms with E-state index >= 15 is 0 Å². The van der Waals surface area contributed by atoms with Crippen LogP contribution in [0.5, 0.6) is 0 Å². The molecule has 5 nitrogen and oxygen atoms in total. The van der Waals surface area contributed by atoms with Crippen molar-refractivity contribution in [1.82, 2.24) is 19.2 Å². The lowest BCUT2D eigenvalue weighted by atomic mass is 10.2. The second-order valence-electron chi connectivity index (χ2n) is 4.74. The highest BCUT2D eigenvalue weighted by atomic mass is 16.2. The summed E-state index contributed by atoms with van der Waals surface area (Å²) in [5, 5.41) is 4.17. The molecule has 0 aliphatic carbocycles. The number of nitrogens with zero attached hydrogens (tertiary/aromatic N) is 4. The summed E-state index contributed by atoms with van der Waals surface area (Å²) in [5.74, 6) is 0.179. The summed E-state index contributed by atoms with van der Waals surface area (Å²) < 4.78 is 3.84. The van der Waals surface area contributed by atoms with E-state index in [4.69, 9.17) is 0 Å². The van der Waals surface area contributed by atoms with E-state index in [1.165, 1.54) is 0 Å². The summed E-state index contributed by atoms with van der Waals surface area (Å²) in [4.78, 5) is 14.5. The first-order chi connectivity index (χ1) is 9.76. The summed E-state index contributed by atoms with van der Waals surface area (Å²) in [6, 6.07) is 5.70. The zero-order valence-corrected chi connectivity index (χ0v) is 12.1. The van der Waals surface area contributed by atoms with Crippen molar-refractivity contribution < 1.29 is 4.79 Å². The number of hydrogen-bond donors (Lipinski definition) is 0. The summed E-state index contributed by atoms with van der Waals surface area (Å²) in [7, 11) is 0. The van der Waals surface area contributed by atoms with E-state index in [1.54, 1.807) is 6.20 Å². The maximum atomic E-state index is 12.6. The van der Waals surface area contributed by atoms with Crippen LogP contribution in [0.25, 0.3) is 0 Å². The maximum absolute atomic E-state index is 12.6. The van der Waals surface area contributed by atoms with Crippen LogP contribution >= 0.6 is 0 Å². The van der Waals surface area contributed by atoms with Gasteiger partial charge in [-0.05, 0) is 31.5 Å². The largest absolute Gasteiger partial charge is 0.342 e. The Morgan fingerprint density at radius 1 is 1.20 bits per heavy atom. The summed E-state index contributed by atoms with van der Waals surface area (Å²) in [6.45, 7) is 6.20. The van der Waals surface area contributed by atoms with Gasteiger partial charge in [-0.1, -0.05) is 6.92 Å². The summed E-state index contributed by atoms with van der Waals surface area (Å²) in [6.07, 6.45) is 8.38. The van der Waals surface area contributed by atoms with Gasteiger partial charge in [-0.3, -0.25) is 9.48 Å². The van der Waals surface area contributed by atoms with Gasteiger partial charge in [0.2, 0.25) is 5.91 Å². The van der Waals surface area contributed by atoms with Crippen LogP contribution in [-0.4, -0.2) is 38.2 Å². The highest BCUT2D eigenvalue weighted by molar-refractivity contribution is 5.80. The van der Waals surface area contributed by atoms with Crippen LogP contribution in [0.3, 0.4) is 0 Å². The van der Waals surface area contributed by atoms with Crippen molar-refractivity contribution in [2.24, 2.45) is 0 Å². The molecule has 20 heavy (non-hydrogen) atoms. The van der Waals surface area contributed by atoms with E-state index in [0.29, 0.717) is 6.54 Å². The molecule has 0 aliphatic rings. The third-order valence-electron chi connectivity index (χ3n) is 3.51. The molecule has 0 aromatic carbocycles. The molecule has 2 rings (SSSR count). The Labute approximate surface area is 119 Å². The van der Waals surface area contributed by atoms with Crippen molar-refractivity contribution in [1.29, 1.82) is 0 Å². The van der Waals surface area contributed by atoms with Gasteiger partial charge >= 0.3 is 0 Å². The number of amides is 1. The first-order valence-electron chi connectivity index (χ1n) is 7.15. The number of rotatable bonds is 7. The van der Waals surface area contributed by atoms with Gasteiger partial charge < -0.3 is 9.47 Å². The smallest absolute Gasteiger partial charge is 0.245 e. The van der Waals surface area contributed by atoms with E-state index < -0.39 is 0 Å². The third-order valence-corrected chi connectivity index (χ3v) is 3.51. The summed E-state index contributed by atoms with van der Waals surface area (Å²) >= 11 is 0. The quantitative estimate of drug-likeness (QED) is 0.776. The van der Waals surface area contributed by atoms with Gasteiger partial charge in [0.1, 0.15) is 6.04 Å². The van der Waals surface area contributed by atoms with E-state index in [0.717, 1.165) is 19.5 Å². The predicted octanol–water partition coefficient (Wildman–Crippen LogP) is 2.18. The highest BCUT2D eigenvalue weighted by Crippen LogP contribution is 2.15. The molecule has 0 N–H and O–H groups in total. The fourth-order valence-corrected chi connectivity index (χ4v) is 2.36. The van der Waals surface area contributed by atoms with Gasteiger partial charge in [0.05, 0.1) is 6.54 Å². The number of hydrogen-bond acceptors (Lipinski definition) is 2. The molecular weight excluding hydrogens is 252 g/mol. The zero-order chi connectivity index (χ0) is 14.4. The first-order valence-corrected chi connectivity index (χ1v) is 7.15. The minimum Gasteiger partial charge on any atom is -0.342 e. The maximum Gasteiger partial charge on any atom is 0.245 e. The van der Waals surface area contributed by atoms with Crippen LogP contribution in [-0.2, 0) is 11.3 Å². The number of aromatic nitrogens is 3. The molecule has 2 aromatic rings. The molecule has 0 aliphatic heterocycles. The van der Waals surface area contributed by atoms with Crippen LogP contribution in [0.4, 0.5) is 0 Å². The Morgan fingerprint density at radius 3 is 2.50 bits per heavy atom. The van der Waals surface area contributed by atoms with E-state index in [1.807, 2.05) is 64.8 Å². The lowest BCUT2D eigenvalue weighted by Crippen LogP contribution is -2.38. The average Bonchev–Trinajstić information content (AvgIpc) is 3.13.